The summed E-state index contributed by atoms with van der Waals surface area (Å²) in [4.78, 5) is 23.7. The summed E-state index contributed by atoms with van der Waals surface area (Å²) in [6, 6.07) is 0. The van der Waals surface area contributed by atoms with E-state index in [9.17, 15) is 9.59 Å². The molecule has 12 heavy (non-hydrogen) atoms. The van der Waals surface area contributed by atoms with E-state index in [1.165, 1.54) is 4.90 Å². The van der Waals surface area contributed by atoms with Gasteiger partial charge < -0.3 is 0 Å². The van der Waals surface area contributed by atoms with Crippen LogP contribution in [0.2, 0.25) is 0 Å². The van der Waals surface area contributed by atoms with Gasteiger partial charge in [-0.15, -0.1) is 0 Å². The molecule has 0 aromatic rings. The monoisotopic (exact) mass is 170 g/mol. The van der Waals surface area contributed by atoms with Gasteiger partial charge in [0.25, 0.3) is 0 Å². The Kier molecular flexibility index (Phi) is 3.22. The Morgan fingerprint density at radius 2 is 1.92 bits per heavy atom. The summed E-state index contributed by atoms with van der Waals surface area (Å²) in [5.74, 6) is -0.195. The average Bonchev–Trinajstić information content (AvgIpc) is 2.04. The fraction of sp³-hybridized carbons (Fsp3) is 0.750. The van der Waals surface area contributed by atoms with Crippen molar-refractivity contribution >= 4 is 11.8 Å². The number of carbonyl (C=O) groups excluding carboxylic acids is 2. The summed E-state index contributed by atoms with van der Waals surface area (Å²) in [6.07, 6.45) is 1.90. The fourth-order valence-electron chi connectivity index (χ4n) is 1.17. The molecule has 68 valence electrons. The Labute approximate surface area is 71.9 Å². The lowest BCUT2D eigenvalue weighted by molar-refractivity contribution is -0.146. The second-order valence-corrected chi connectivity index (χ2v) is 2.90. The molecule has 1 aliphatic heterocycles. The Bertz CT molecular complexity index is 175. The SMILES string of the molecule is CCCCN1C(=O)CNCC1=O. The van der Waals surface area contributed by atoms with Gasteiger partial charge in [-0.2, -0.15) is 0 Å². The lowest BCUT2D eigenvalue weighted by Crippen LogP contribution is -2.52. The molecule has 0 aliphatic carbocycles. The first-order valence-electron chi connectivity index (χ1n) is 4.29. The van der Waals surface area contributed by atoms with Crippen molar-refractivity contribution in [2.45, 2.75) is 19.8 Å². The lowest BCUT2D eigenvalue weighted by Gasteiger charge is -2.25. The van der Waals surface area contributed by atoms with E-state index in [2.05, 4.69) is 5.32 Å². The van der Waals surface area contributed by atoms with Gasteiger partial charge in [0.2, 0.25) is 11.8 Å². The maximum atomic E-state index is 11.2. The number of hydrogen-bond donors (Lipinski definition) is 1. The Morgan fingerprint density at radius 1 is 1.33 bits per heavy atom. The van der Waals surface area contributed by atoms with Crippen molar-refractivity contribution in [3.63, 3.8) is 0 Å². The topological polar surface area (TPSA) is 49.4 Å². The van der Waals surface area contributed by atoms with Crippen LogP contribution in [0.1, 0.15) is 19.8 Å². The van der Waals surface area contributed by atoms with E-state index in [0.29, 0.717) is 19.6 Å². The third-order valence-corrected chi connectivity index (χ3v) is 1.89. The largest absolute Gasteiger partial charge is 0.300 e. The van der Waals surface area contributed by atoms with Crippen LogP contribution in [0.4, 0.5) is 0 Å². The Morgan fingerprint density at radius 3 is 2.42 bits per heavy atom. The first-order chi connectivity index (χ1) is 5.75. The summed E-state index contributed by atoms with van der Waals surface area (Å²) in [7, 11) is 0. The molecule has 0 saturated carbocycles. The van der Waals surface area contributed by atoms with Gasteiger partial charge in [0.15, 0.2) is 0 Å². The van der Waals surface area contributed by atoms with Crippen LogP contribution in [-0.4, -0.2) is 36.3 Å². The number of amides is 2. The zero-order valence-electron chi connectivity index (χ0n) is 7.30. The van der Waals surface area contributed by atoms with Crippen LogP contribution in [-0.2, 0) is 9.59 Å². The van der Waals surface area contributed by atoms with Gasteiger partial charge >= 0.3 is 0 Å². The smallest absolute Gasteiger partial charge is 0.243 e. The second kappa shape index (κ2) is 4.21. The zero-order chi connectivity index (χ0) is 8.97. The highest BCUT2D eigenvalue weighted by Gasteiger charge is 2.24. The standard InChI is InChI=1S/C8H14N2O2/c1-2-3-4-10-7(11)5-9-6-8(10)12/h9H,2-6H2,1H3. The highest BCUT2D eigenvalue weighted by molar-refractivity contribution is 5.99. The molecule has 0 spiro atoms. The van der Waals surface area contributed by atoms with E-state index >= 15 is 0 Å². The van der Waals surface area contributed by atoms with Crippen molar-refractivity contribution in [1.29, 1.82) is 0 Å². The van der Waals surface area contributed by atoms with Crippen molar-refractivity contribution in [2.24, 2.45) is 0 Å². The van der Waals surface area contributed by atoms with Gasteiger partial charge in [-0.05, 0) is 6.42 Å². The van der Waals surface area contributed by atoms with Crippen LogP contribution in [0.5, 0.6) is 0 Å². The highest BCUT2D eigenvalue weighted by atomic mass is 16.2. The van der Waals surface area contributed by atoms with Crippen molar-refractivity contribution in [1.82, 2.24) is 10.2 Å². The van der Waals surface area contributed by atoms with Gasteiger partial charge in [0.05, 0.1) is 13.1 Å². The molecule has 1 rings (SSSR count). The van der Waals surface area contributed by atoms with Gasteiger partial charge in [-0.25, -0.2) is 0 Å². The summed E-state index contributed by atoms with van der Waals surface area (Å²) in [6.45, 7) is 3.22. The molecular formula is C8H14N2O2. The summed E-state index contributed by atoms with van der Waals surface area (Å²) >= 11 is 0. The molecule has 0 radical (unpaired) electrons. The van der Waals surface area contributed by atoms with Crippen LogP contribution in [0, 0.1) is 0 Å². The van der Waals surface area contributed by atoms with Crippen molar-refractivity contribution in [3.8, 4) is 0 Å². The zero-order valence-corrected chi connectivity index (χ0v) is 7.30. The minimum atomic E-state index is -0.0975. The first kappa shape index (κ1) is 9.19. The highest BCUT2D eigenvalue weighted by Crippen LogP contribution is 1.99. The van der Waals surface area contributed by atoms with E-state index in [0.717, 1.165) is 12.8 Å². The molecule has 2 amide bonds. The predicted molar refractivity (Wildman–Crippen MR) is 44.5 cm³/mol. The molecule has 1 fully saturated rings. The van der Waals surface area contributed by atoms with E-state index in [1.807, 2.05) is 6.92 Å². The maximum absolute atomic E-state index is 11.2. The van der Waals surface area contributed by atoms with Crippen molar-refractivity contribution in [2.75, 3.05) is 19.6 Å². The van der Waals surface area contributed by atoms with E-state index in [-0.39, 0.29) is 11.8 Å². The minimum Gasteiger partial charge on any atom is -0.300 e. The number of hydrogen-bond acceptors (Lipinski definition) is 3. The van der Waals surface area contributed by atoms with E-state index in [4.69, 9.17) is 0 Å². The third-order valence-electron chi connectivity index (χ3n) is 1.89. The van der Waals surface area contributed by atoms with E-state index < -0.39 is 0 Å². The molecule has 1 N–H and O–H groups in total. The van der Waals surface area contributed by atoms with E-state index in [1.54, 1.807) is 0 Å². The number of piperazine rings is 1. The fourth-order valence-corrected chi connectivity index (χ4v) is 1.17. The van der Waals surface area contributed by atoms with Crippen LogP contribution in [0.3, 0.4) is 0 Å². The Balaban J connectivity index is 2.45. The summed E-state index contributed by atoms with van der Waals surface area (Å²) < 4.78 is 0. The van der Waals surface area contributed by atoms with Crippen LogP contribution >= 0.6 is 0 Å². The number of carbonyl (C=O) groups is 2. The lowest BCUT2D eigenvalue weighted by atomic mass is 10.2. The second-order valence-electron chi connectivity index (χ2n) is 2.90. The van der Waals surface area contributed by atoms with Crippen molar-refractivity contribution < 1.29 is 9.59 Å². The van der Waals surface area contributed by atoms with Gasteiger partial charge in [-0.3, -0.25) is 19.8 Å². The average molecular weight is 170 g/mol. The van der Waals surface area contributed by atoms with Gasteiger partial charge in [0, 0.05) is 6.54 Å². The molecule has 0 atom stereocenters. The molecule has 4 nitrogen and oxygen atoms in total. The van der Waals surface area contributed by atoms with Crippen LogP contribution < -0.4 is 5.32 Å². The van der Waals surface area contributed by atoms with Crippen LogP contribution in [0.25, 0.3) is 0 Å². The molecule has 0 unspecified atom stereocenters. The number of unbranched alkanes of at least 4 members (excludes halogenated alkanes) is 1. The van der Waals surface area contributed by atoms with Gasteiger partial charge in [-0.1, -0.05) is 13.3 Å². The molecule has 0 aromatic carbocycles. The molecule has 1 heterocycles. The maximum Gasteiger partial charge on any atom is 0.243 e. The summed E-state index contributed by atoms with van der Waals surface area (Å²) in [5, 5.41) is 2.75. The molecule has 0 aromatic heterocycles. The summed E-state index contributed by atoms with van der Waals surface area (Å²) in [5.41, 5.74) is 0. The number of nitrogens with zero attached hydrogens (tertiary/aromatic N) is 1. The quantitative estimate of drug-likeness (QED) is 0.594. The number of imide groups is 1. The Hall–Kier alpha value is -0.900. The van der Waals surface area contributed by atoms with Gasteiger partial charge in [0.1, 0.15) is 0 Å². The first-order valence-corrected chi connectivity index (χ1v) is 4.29. The molecule has 0 bridgehead atoms. The number of nitrogens with one attached hydrogen (secondary N) is 1. The number of rotatable bonds is 3. The third kappa shape index (κ3) is 2.04. The molecular weight excluding hydrogens is 156 g/mol. The van der Waals surface area contributed by atoms with Crippen molar-refractivity contribution in [3.05, 3.63) is 0 Å². The predicted octanol–water partition coefficient (Wildman–Crippen LogP) is -0.255. The normalized spacial score (nSPS) is 18.6. The minimum absolute atomic E-state index is 0.0975. The molecule has 1 saturated heterocycles. The molecule has 4 heteroatoms. The van der Waals surface area contributed by atoms with Crippen LogP contribution in [0.15, 0.2) is 0 Å². The molecule has 1 aliphatic rings.